The third-order valence-electron chi connectivity index (χ3n) is 4.57. The van der Waals surface area contributed by atoms with Crippen molar-refractivity contribution in [3.63, 3.8) is 0 Å². The zero-order valence-electron chi connectivity index (χ0n) is 12.7. The van der Waals surface area contributed by atoms with Crippen molar-refractivity contribution in [2.24, 2.45) is 11.7 Å². The molecule has 2 fully saturated rings. The van der Waals surface area contributed by atoms with Crippen LogP contribution in [0, 0.1) is 5.92 Å². The molecule has 0 atom stereocenters. The van der Waals surface area contributed by atoms with E-state index < -0.39 is 5.54 Å². The molecule has 2 amide bonds. The van der Waals surface area contributed by atoms with Crippen molar-refractivity contribution in [2.75, 3.05) is 13.1 Å². The number of amides is 2. The highest BCUT2D eigenvalue weighted by Gasteiger charge is 2.40. The van der Waals surface area contributed by atoms with Crippen LogP contribution in [-0.4, -0.2) is 41.4 Å². The summed E-state index contributed by atoms with van der Waals surface area (Å²) in [5.74, 6) is 0.227. The first kappa shape index (κ1) is 15.3. The maximum absolute atomic E-state index is 12.5. The quantitative estimate of drug-likeness (QED) is 0.811. The molecule has 114 valence electrons. The van der Waals surface area contributed by atoms with E-state index in [4.69, 9.17) is 5.73 Å². The van der Waals surface area contributed by atoms with Gasteiger partial charge in [-0.3, -0.25) is 9.59 Å². The van der Waals surface area contributed by atoms with Crippen LogP contribution in [0.15, 0.2) is 0 Å². The highest BCUT2D eigenvalue weighted by atomic mass is 16.2. The predicted molar refractivity (Wildman–Crippen MR) is 78.0 cm³/mol. The first-order valence-electron chi connectivity index (χ1n) is 7.81. The van der Waals surface area contributed by atoms with Gasteiger partial charge in [0, 0.05) is 25.0 Å². The van der Waals surface area contributed by atoms with Gasteiger partial charge in [-0.05, 0) is 25.7 Å². The minimum absolute atomic E-state index is 0.0143. The molecule has 0 aromatic rings. The molecular formula is C15H27N3O2. The summed E-state index contributed by atoms with van der Waals surface area (Å²) in [7, 11) is 0. The third kappa shape index (κ3) is 3.32. The van der Waals surface area contributed by atoms with Gasteiger partial charge in [0.05, 0.1) is 5.54 Å². The maximum atomic E-state index is 12.5. The zero-order chi connectivity index (χ0) is 14.8. The Balaban J connectivity index is 1.82. The molecule has 1 aliphatic carbocycles. The molecule has 2 rings (SSSR count). The molecule has 5 heteroatoms. The van der Waals surface area contributed by atoms with E-state index in [0.717, 1.165) is 38.5 Å². The molecule has 3 N–H and O–H groups in total. The lowest BCUT2D eigenvalue weighted by atomic mass is 9.95. The lowest BCUT2D eigenvalue weighted by Gasteiger charge is -2.37. The van der Waals surface area contributed by atoms with Gasteiger partial charge >= 0.3 is 0 Å². The van der Waals surface area contributed by atoms with Gasteiger partial charge in [0.1, 0.15) is 0 Å². The second kappa shape index (κ2) is 6.12. The summed E-state index contributed by atoms with van der Waals surface area (Å²) in [6.07, 6.45) is 5.42. The molecule has 1 saturated carbocycles. The van der Waals surface area contributed by atoms with Crippen LogP contribution in [0.1, 0.15) is 52.4 Å². The molecule has 0 spiro atoms. The molecule has 5 nitrogen and oxygen atoms in total. The zero-order valence-corrected chi connectivity index (χ0v) is 12.7. The molecule has 0 unspecified atom stereocenters. The van der Waals surface area contributed by atoms with Gasteiger partial charge in [-0.25, -0.2) is 0 Å². The van der Waals surface area contributed by atoms with Crippen LogP contribution >= 0.6 is 0 Å². The lowest BCUT2D eigenvalue weighted by molar-refractivity contribution is -0.138. The molecule has 0 aromatic heterocycles. The van der Waals surface area contributed by atoms with Crippen LogP contribution in [0.3, 0.4) is 0 Å². The molecule has 1 aliphatic heterocycles. The lowest BCUT2D eigenvalue weighted by Crippen LogP contribution is -2.57. The summed E-state index contributed by atoms with van der Waals surface area (Å²) in [5, 5.41) is 3.05. The highest BCUT2D eigenvalue weighted by molar-refractivity contribution is 5.86. The average molecular weight is 281 g/mol. The number of nitrogens with one attached hydrogen (secondary N) is 1. The number of hydrogen-bond acceptors (Lipinski definition) is 3. The number of carbonyl (C=O) groups excluding carboxylic acids is 2. The molecule has 2 aliphatic rings. The summed E-state index contributed by atoms with van der Waals surface area (Å²) in [4.78, 5) is 26.0. The van der Waals surface area contributed by atoms with Crippen LogP contribution in [-0.2, 0) is 9.59 Å². The molecule has 1 heterocycles. The van der Waals surface area contributed by atoms with E-state index >= 15 is 0 Å². The Morgan fingerprint density at radius 2 is 1.75 bits per heavy atom. The Bertz CT molecular complexity index is 367. The first-order chi connectivity index (χ1) is 9.42. The number of nitrogens with two attached hydrogens (primary N) is 1. The summed E-state index contributed by atoms with van der Waals surface area (Å²) in [6.45, 7) is 5.21. The summed E-state index contributed by atoms with van der Waals surface area (Å²) in [6, 6.07) is 0.200. The Morgan fingerprint density at radius 1 is 1.20 bits per heavy atom. The highest BCUT2D eigenvalue weighted by Crippen LogP contribution is 2.29. The van der Waals surface area contributed by atoms with E-state index in [1.165, 1.54) is 0 Å². The van der Waals surface area contributed by atoms with Gasteiger partial charge in [0.2, 0.25) is 11.8 Å². The van der Waals surface area contributed by atoms with Crippen LogP contribution < -0.4 is 11.1 Å². The maximum Gasteiger partial charge on any atom is 0.242 e. The second-order valence-electron chi connectivity index (χ2n) is 6.59. The number of hydrogen-bond donors (Lipinski definition) is 2. The third-order valence-corrected chi connectivity index (χ3v) is 4.57. The predicted octanol–water partition coefficient (Wildman–Crippen LogP) is 1.02. The fraction of sp³-hybridized carbons (Fsp3) is 0.867. The van der Waals surface area contributed by atoms with Crippen molar-refractivity contribution in [1.82, 2.24) is 10.2 Å². The Kier molecular flexibility index (Phi) is 4.68. The van der Waals surface area contributed by atoms with Crippen molar-refractivity contribution < 1.29 is 9.59 Å². The fourth-order valence-corrected chi connectivity index (χ4v) is 3.13. The second-order valence-corrected chi connectivity index (χ2v) is 6.59. The number of piperidine rings is 1. The van der Waals surface area contributed by atoms with Crippen LogP contribution in [0.5, 0.6) is 0 Å². The molecule has 0 bridgehead atoms. The van der Waals surface area contributed by atoms with Gasteiger partial charge in [0.25, 0.3) is 0 Å². The van der Waals surface area contributed by atoms with Gasteiger partial charge in [-0.1, -0.05) is 26.7 Å². The summed E-state index contributed by atoms with van der Waals surface area (Å²) < 4.78 is 0. The van der Waals surface area contributed by atoms with Crippen molar-refractivity contribution >= 4 is 11.8 Å². The minimum Gasteiger partial charge on any atom is -0.353 e. The van der Waals surface area contributed by atoms with Gasteiger partial charge in [-0.15, -0.1) is 0 Å². The monoisotopic (exact) mass is 281 g/mol. The molecule has 0 radical (unpaired) electrons. The van der Waals surface area contributed by atoms with E-state index in [-0.39, 0.29) is 23.8 Å². The SMILES string of the molecule is CC(C)C(=O)NC1CCN(C(=O)C2(N)CCCC2)CC1. The van der Waals surface area contributed by atoms with E-state index in [2.05, 4.69) is 5.32 Å². The van der Waals surface area contributed by atoms with Crippen LogP contribution in [0.4, 0.5) is 0 Å². The average Bonchev–Trinajstić information content (AvgIpc) is 2.87. The Hall–Kier alpha value is -1.10. The van der Waals surface area contributed by atoms with Gasteiger partial charge < -0.3 is 16.0 Å². The number of carbonyl (C=O) groups is 2. The topological polar surface area (TPSA) is 75.4 Å². The Labute approximate surface area is 121 Å². The number of likely N-dealkylation sites (tertiary alicyclic amines) is 1. The van der Waals surface area contributed by atoms with Crippen molar-refractivity contribution in [1.29, 1.82) is 0 Å². The van der Waals surface area contributed by atoms with Gasteiger partial charge in [-0.2, -0.15) is 0 Å². The number of nitrogens with zero attached hydrogens (tertiary/aromatic N) is 1. The van der Waals surface area contributed by atoms with Crippen molar-refractivity contribution in [2.45, 2.75) is 64.0 Å². The Morgan fingerprint density at radius 3 is 2.25 bits per heavy atom. The van der Waals surface area contributed by atoms with Crippen LogP contribution in [0.25, 0.3) is 0 Å². The summed E-state index contributed by atoms with van der Waals surface area (Å²) in [5.41, 5.74) is 5.61. The van der Waals surface area contributed by atoms with Crippen molar-refractivity contribution in [3.05, 3.63) is 0 Å². The normalized spacial score (nSPS) is 23.1. The summed E-state index contributed by atoms with van der Waals surface area (Å²) >= 11 is 0. The first-order valence-corrected chi connectivity index (χ1v) is 7.81. The van der Waals surface area contributed by atoms with E-state index in [9.17, 15) is 9.59 Å². The molecular weight excluding hydrogens is 254 g/mol. The smallest absolute Gasteiger partial charge is 0.242 e. The van der Waals surface area contributed by atoms with Crippen LogP contribution in [0.2, 0.25) is 0 Å². The van der Waals surface area contributed by atoms with E-state index in [0.29, 0.717) is 13.1 Å². The van der Waals surface area contributed by atoms with E-state index in [1.807, 2.05) is 18.7 Å². The van der Waals surface area contributed by atoms with E-state index in [1.54, 1.807) is 0 Å². The molecule has 0 aromatic carbocycles. The largest absolute Gasteiger partial charge is 0.353 e. The fourth-order valence-electron chi connectivity index (χ4n) is 3.13. The minimum atomic E-state index is -0.617. The molecule has 20 heavy (non-hydrogen) atoms. The molecule has 1 saturated heterocycles. The van der Waals surface area contributed by atoms with Gasteiger partial charge in [0.15, 0.2) is 0 Å². The number of rotatable bonds is 3. The standard InChI is InChI=1S/C15H27N3O2/c1-11(2)13(19)17-12-5-9-18(10-6-12)14(20)15(16)7-3-4-8-15/h11-12H,3-10,16H2,1-2H3,(H,17,19). The van der Waals surface area contributed by atoms with Crippen molar-refractivity contribution in [3.8, 4) is 0 Å².